The normalized spacial score (nSPS) is 21.1. The number of carbonyl (C=O) groups is 1. The van der Waals surface area contributed by atoms with Gasteiger partial charge >= 0.3 is 0 Å². The summed E-state index contributed by atoms with van der Waals surface area (Å²) in [5.74, 6) is -1.35. The average molecular weight is 566 g/mol. The molecule has 0 aliphatic carbocycles. The van der Waals surface area contributed by atoms with Gasteiger partial charge in [-0.05, 0) is 36.2 Å². The Bertz CT molecular complexity index is 1250. The minimum atomic E-state index is -4.02. The van der Waals surface area contributed by atoms with Crippen LogP contribution < -0.4 is 5.48 Å². The fraction of sp³-hybridized carbons (Fsp3) is 0.476. The smallest absolute Gasteiger partial charge is 0.281 e. The first-order valence-electron chi connectivity index (χ1n) is 10.7. The van der Waals surface area contributed by atoms with E-state index in [1.54, 1.807) is 36.4 Å². The molecule has 3 rings (SSSR count). The fourth-order valence-corrected chi connectivity index (χ4v) is 9.16. The Labute approximate surface area is 214 Å². The van der Waals surface area contributed by atoms with Crippen LogP contribution in [0, 0.1) is 0 Å². The molecule has 2 aromatic rings. The Hall–Kier alpha value is -1.58. The summed E-state index contributed by atoms with van der Waals surface area (Å²) in [7, 11) is -5.12. The second-order valence-electron chi connectivity index (χ2n) is 8.17. The van der Waals surface area contributed by atoms with Gasteiger partial charge in [0.2, 0.25) is 5.91 Å². The van der Waals surface area contributed by atoms with Crippen LogP contribution >= 0.6 is 22.9 Å². The van der Waals surface area contributed by atoms with Crippen LogP contribution in [-0.2, 0) is 34.3 Å². The number of hydrogen-bond donors (Lipinski definition) is 2. The number of amides is 1. The molecule has 35 heavy (non-hydrogen) atoms. The van der Waals surface area contributed by atoms with Crippen molar-refractivity contribution in [2.75, 3.05) is 46.2 Å². The maximum atomic E-state index is 13.7. The SMILES string of the molecule is COCCN(C)S(=O)(=O)N1CC[C@](CC(=O)NO)(c2ccc(-c3ccc(Cl)cc3)s2)S(=O)(=O)CC1. The van der Waals surface area contributed by atoms with Crippen LogP contribution in [0.15, 0.2) is 36.4 Å². The number of benzene rings is 1. The lowest BCUT2D eigenvalue weighted by atomic mass is 9.97. The van der Waals surface area contributed by atoms with Gasteiger partial charge < -0.3 is 4.74 Å². The van der Waals surface area contributed by atoms with Crippen molar-refractivity contribution >= 4 is 48.9 Å². The van der Waals surface area contributed by atoms with Crippen molar-refractivity contribution in [3.05, 3.63) is 46.3 Å². The Morgan fingerprint density at radius 1 is 1.26 bits per heavy atom. The molecule has 1 fully saturated rings. The maximum absolute atomic E-state index is 13.7. The third-order valence-electron chi connectivity index (χ3n) is 6.05. The molecule has 0 unspecified atom stereocenters. The van der Waals surface area contributed by atoms with Crippen LogP contribution in [0.4, 0.5) is 0 Å². The van der Waals surface area contributed by atoms with E-state index in [2.05, 4.69) is 0 Å². The van der Waals surface area contributed by atoms with Gasteiger partial charge in [0.25, 0.3) is 10.2 Å². The van der Waals surface area contributed by atoms with Gasteiger partial charge in [-0.1, -0.05) is 23.7 Å². The van der Waals surface area contributed by atoms with Gasteiger partial charge in [0.15, 0.2) is 9.84 Å². The Morgan fingerprint density at radius 2 is 1.94 bits per heavy atom. The van der Waals surface area contributed by atoms with E-state index in [0.717, 1.165) is 19.1 Å². The van der Waals surface area contributed by atoms with Crippen molar-refractivity contribution in [2.24, 2.45) is 0 Å². The first-order valence-corrected chi connectivity index (χ1v) is 14.9. The van der Waals surface area contributed by atoms with E-state index in [4.69, 9.17) is 16.3 Å². The number of sulfone groups is 1. The number of carbonyl (C=O) groups excluding carboxylic acids is 1. The van der Waals surface area contributed by atoms with Gasteiger partial charge in [-0.2, -0.15) is 17.0 Å². The van der Waals surface area contributed by atoms with E-state index < -0.39 is 42.9 Å². The number of halogens is 1. The largest absolute Gasteiger partial charge is 0.383 e. The molecule has 1 amide bonds. The van der Waals surface area contributed by atoms with Gasteiger partial charge in [0.05, 0.1) is 18.8 Å². The van der Waals surface area contributed by atoms with Crippen LogP contribution in [-0.4, -0.2) is 82.7 Å². The molecule has 1 aromatic carbocycles. The Kier molecular flexibility index (Phi) is 8.97. The summed E-state index contributed by atoms with van der Waals surface area (Å²) >= 11 is 7.18. The highest BCUT2D eigenvalue weighted by Crippen LogP contribution is 2.45. The number of likely N-dealkylation sites (N-methyl/N-ethyl adjacent to an activating group) is 1. The van der Waals surface area contributed by atoms with E-state index in [0.29, 0.717) is 9.90 Å². The van der Waals surface area contributed by atoms with Crippen LogP contribution in [0.2, 0.25) is 5.02 Å². The number of methoxy groups -OCH3 is 1. The maximum Gasteiger partial charge on any atom is 0.281 e. The third kappa shape index (κ3) is 5.88. The second-order valence-corrected chi connectivity index (χ2v) is 14.1. The molecule has 0 radical (unpaired) electrons. The number of thiophene rings is 1. The number of nitrogens with one attached hydrogen (secondary N) is 1. The first-order chi connectivity index (χ1) is 16.5. The summed E-state index contributed by atoms with van der Waals surface area (Å²) in [5, 5.41) is 9.74. The topological polar surface area (TPSA) is 133 Å². The molecule has 1 aliphatic heterocycles. The van der Waals surface area contributed by atoms with E-state index in [1.807, 2.05) is 0 Å². The van der Waals surface area contributed by atoms with Crippen molar-refractivity contribution in [1.82, 2.24) is 14.1 Å². The zero-order valence-corrected chi connectivity index (χ0v) is 22.5. The van der Waals surface area contributed by atoms with Gasteiger partial charge in [0.1, 0.15) is 4.75 Å². The Morgan fingerprint density at radius 3 is 2.57 bits per heavy atom. The van der Waals surface area contributed by atoms with Crippen molar-refractivity contribution in [2.45, 2.75) is 17.6 Å². The monoisotopic (exact) mass is 565 g/mol. The fourth-order valence-electron chi connectivity index (χ4n) is 3.97. The van der Waals surface area contributed by atoms with Gasteiger partial charge in [0, 0.05) is 48.6 Å². The number of ether oxygens (including phenoxy) is 1. The summed E-state index contributed by atoms with van der Waals surface area (Å²) in [6, 6.07) is 10.4. The number of hydrogen-bond acceptors (Lipinski definition) is 8. The second kappa shape index (κ2) is 11.2. The first kappa shape index (κ1) is 28.0. The highest BCUT2D eigenvalue weighted by atomic mass is 35.5. The lowest BCUT2D eigenvalue weighted by Crippen LogP contribution is -2.44. The molecular formula is C21H28ClN3O7S3. The number of nitrogens with zero attached hydrogens (tertiary/aromatic N) is 2. The molecule has 1 saturated heterocycles. The van der Waals surface area contributed by atoms with Crippen LogP contribution in [0.25, 0.3) is 10.4 Å². The summed E-state index contributed by atoms with van der Waals surface area (Å²) in [5.41, 5.74) is 2.35. The molecular weight excluding hydrogens is 538 g/mol. The molecule has 14 heteroatoms. The molecule has 2 heterocycles. The summed E-state index contributed by atoms with van der Waals surface area (Å²) < 4.78 is 58.9. The van der Waals surface area contributed by atoms with Crippen molar-refractivity contribution in [1.29, 1.82) is 0 Å². The van der Waals surface area contributed by atoms with Crippen LogP contribution in [0.3, 0.4) is 0 Å². The number of rotatable bonds is 9. The van der Waals surface area contributed by atoms with Crippen molar-refractivity contribution in [3.8, 4) is 10.4 Å². The van der Waals surface area contributed by atoms with Crippen LogP contribution in [0.1, 0.15) is 17.7 Å². The highest BCUT2D eigenvalue weighted by molar-refractivity contribution is 7.92. The molecule has 1 atom stereocenters. The summed E-state index contributed by atoms with van der Waals surface area (Å²) in [4.78, 5) is 13.5. The molecule has 0 bridgehead atoms. The molecule has 1 aliphatic rings. The lowest BCUT2D eigenvalue weighted by Gasteiger charge is -2.30. The number of hydroxylamine groups is 1. The standard InChI is InChI=1S/C21H28ClN3O7S3/c1-24(11-13-32-2)35(30,31)25-10-9-21(15-20(26)23-27,34(28,29)14-12-25)19-8-7-18(33-19)16-3-5-17(22)6-4-16/h3-8,27H,9-15H2,1-2H3,(H,23,26)/t21-/m0/s1. The predicted molar refractivity (Wildman–Crippen MR) is 134 cm³/mol. The molecule has 1 aromatic heterocycles. The van der Waals surface area contributed by atoms with E-state index >= 15 is 0 Å². The quantitative estimate of drug-likeness (QED) is 0.351. The molecule has 0 saturated carbocycles. The van der Waals surface area contributed by atoms with Gasteiger partial charge in [-0.25, -0.2) is 13.9 Å². The summed E-state index contributed by atoms with van der Waals surface area (Å²) in [6.07, 6.45) is -0.694. The lowest BCUT2D eigenvalue weighted by molar-refractivity contribution is -0.129. The van der Waals surface area contributed by atoms with Crippen LogP contribution in [0.5, 0.6) is 0 Å². The minimum Gasteiger partial charge on any atom is -0.383 e. The summed E-state index contributed by atoms with van der Waals surface area (Å²) in [6.45, 7) is -0.0770. The average Bonchev–Trinajstić information content (AvgIpc) is 3.27. The zero-order chi connectivity index (χ0) is 25.9. The van der Waals surface area contributed by atoms with Gasteiger partial charge in [-0.3, -0.25) is 10.0 Å². The van der Waals surface area contributed by atoms with Crippen molar-refractivity contribution in [3.63, 3.8) is 0 Å². The molecule has 0 spiro atoms. The molecule has 10 nitrogen and oxygen atoms in total. The van der Waals surface area contributed by atoms with Crippen molar-refractivity contribution < 1.29 is 31.6 Å². The molecule has 194 valence electrons. The molecule has 2 N–H and O–H groups in total. The van der Waals surface area contributed by atoms with E-state index in [1.165, 1.54) is 31.0 Å². The van der Waals surface area contributed by atoms with Gasteiger partial charge in [-0.15, -0.1) is 11.3 Å². The zero-order valence-electron chi connectivity index (χ0n) is 19.3. The third-order valence-corrected chi connectivity index (χ3v) is 12.2. The minimum absolute atomic E-state index is 0.107. The van der Waals surface area contributed by atoms with E-state index in [-0.39, 0.29) is 32.7 Å². The Balaban J connectivity index is 2.02. The van der Waals surface area contributed by atoms with E-state index in [9.17, 15) is 26.8 Å². The predicted octanol–water partition coefficient (Wildman–Crippen LogP) is 2.10. The highest BCUT2D eigenvalue weighted by Gasteiger charge is 2.50.